The fraction of sp³-hybridized carbons (Fsp3) is 0.278. The molecule has 0 spiro atoms. The van der Waals surface area contributed by atoms with Crippen molar-refractivity contribution in [3.63, 3.8) is 0 Å². The molecule has 1 fully saturated rings. The number of rotatable bonds is 3. The Labute approximate surface area is 135 Å². The average molecular weight is 313 g/mol. The van der Waals surface area contributed by atoms with Gasteiger partial charge in [-0.05, 0) is 17.7 Å². The van der Waals surface area contributed by atoms with Crippen molar-refractivity contribution in [1.29, 1.82) is 0 Å². The molecule has 3 rings (SSSR count). The molecule has 1 saturated heterocycles. The number of hydrogen-bond acceptors (Lipinski definition) is 3. The van der Waals surface area contributed by atoms with Crippen molar-refractivity contribution in [3.05, 3.63) is 65.7 Å². The molecule has 0 radical (unpaired) electrons. The van der Waals surface area contributed by atoms with Gasteiger partial charge in [0.1, 0.15) is 5.75 Å². The first-order valence-electron chi connectivity index (χ1n) is 7.38. The fourth-order valence-electron chi connectivity index (χ4n) is 2.69. The minimum atomic E-state index is 0.0543. The number of carbonyl (C=O) groups is 1. The lowest BCUT2D eigenvalue weighted by Crippen LogP contribution is -2.39. The molecule has 4 heteroatoms. The van der Waals surface area contributed by atoms with Gasteiger partial charge in [-0.15, -0.1) is 0 Å². The molecule has 1 aliphatic rings. The van der Waals surface area contributed by atoms with Gasteiger partial charge in [-0.25, -0.2) is 0 Å². The zero-order chi connectivity index (χ0) is 15.4. The molecule has 3 nitrogen and oxygen atoms in total. The summed E-state index contributed by atoms with van der Waals surface area (Å²) in [6.07, 6.45) is 0. The van der Waals surface area contributed by atoms with Crippen LogP contribution in [0.2, 0.25) is 0 Å². The van der Waals surface area contributed by atoms with Crippen LogP contribution in [0.3, 0.4) is 0 Å². The number of ether oxygens (including phenoxy) is 1. The van der Waals surface area contributed by atoms with Crippen LogP contribution in [0.1, 0.15) is 21.2 Å². The molecule has 2 aromatic rings. The lowest BCUT2D eigenvalue weighted by molar-refractivity contribution is 0.0758. The monoisotopic (exact) mass is 313 g/mol. The standard InChI is InChI=1S/C18H19NO2S/c1-21-16-10-6-5-9-15(16)18(20)19-11-12-22-17(13-19)14-7-3-2-4-8-14/h2-10,17H,11-13H2,1H3. The van der Waals surface area contributed by atoms with E-state index in [0.29, 0.717) is 16.6 Å². The molecule has 1 unspecified atom stereocenters. The predicted molar refractivity (Wildman–Crippen MR) is 90.5 cm³/mol. The molecule has 1 heterocycles. The zero-order valence-electron chi connectivity index (χ0n) is 12.6. The second-order valence-electron chi connectivity index (χ2n) is 5.22. The smallest absolute Gasteiger partial charge is 0.257 e. The van der Waals surface area contributed by atoms with E-state index in [0.717, 1.165) is 18.8 Å². The number of hydrogen-bond donors (Lipinski definition) is 0. The molecule has 0 aromatic heterocycles. The molecular formula is C18H19NO2S. The van der Waals surface area contributed by atoms with E-state index in [4.69, 9.17) is 4.74 Å². The average Bonchev–Trinajstić information content (AvgIpc) is 2.62. The van der Waals surface area contributed by atoms with Gasteiger partial charge in [0.2, 0.25) is 0 Å². The zero-order valence-corrected chi connectivity index (χ0v) is 13.4. The Morgan fingerprint density at radius 3 is 2.64 bits per heavy atom. The summed E-state index contributed by atoms with van der Waals surface area (Å²) in [6.45, 7) is 1.52. The first-order chi connectivity index (χ1) is 10.8. The Balaban J connectivity index is 1.78. The van der Waals surface area contributed by atoms with Crippen molar-refractivity contribution in [1.82, 2.24) is 4.90 Å². The maximum Gasteiger partial charge on any atom is 0.257 e. The van der Waals surface area contributed by atoms with Crippen LogP contribution >= 0.6 is 11.8 Å². The Morgan fingerprint density at radius 1 is 1.14 bits per heavy atom. The summed E-state index contributed by atoms with van der Waals surface area (Å²) >= 11 is 1.92. The highest BCUT2D eigenvalue weighted by Crippen LogP contribution is 2.34. The first-order valence-corrected chi connectivity index (χ1v) is 8.43. The van der Waals surface area contributed by atoms with Gasteiger partial charge in [0.05, 0.1) is 12.7 Å². The van der Waals surface area contributed by atoms with E-state index >= 15 is 0 Å². The lowest BCUT2D eigenvalue weighted by atomic mass is 10.1. The molecule has 1 aliphatic heterocycles. The molecule has 114 valence electrons. The summed E-state index contributed by atoms with van der Waals surface area (Å²) in [5, 5.41) is 0.341. The minimum Gasteiger partial charge on any atom is -0.496 e. The molecular weight excluding hydrogens is 294 g/mol. The highest BCUT2D eigenvalue weighted by atomic mass is 32.2. The largest absolute Gasteiger partial charge is 0.496 e. The van der Waals surface area contributed by atoms with Crippen LogP contribution in [-0.4, -0.2) is 36.8 Å². The summed E-state index contributed by atoms with van der Waals surface area (Å²) in [7, 11) is 1.60. The Bertz CT molecular complexity index is 645. The van der Waals surface area contributed by atoms with Gasteiger partial charge >= 0.3 is 0 Å². The van der Waals surface area contributed by atoms with Crippen molar-refractivity contribution < 1.29 is 9.53 Å². The van der Waals surface area contributed by atoms with Crippen molar-refractivity contribution in [2.75, 3.05) is 26.0 Å². The third kappa shape index (κ3) is 3.12. The van der Waals surface area contributed by atoms with Gasteiger partial charge in [0, 0.05) is 24.1 Å². The van der Waals surface area contributed by atoms with Crippen molar-refractivity contribution in [2.24, 2.45) is 0 Å². The van der Waals surface area contributed by atoms with Crippen LogP contribution in [0.25, 0.3) is 0 Å². The fourth-order valence-corrected chi connectivity index (χ4v) is 3.94. The molecule has 2 aromatic carbocycles. The van der Waals surface area contributed by atoms with E-state index in [9.17, 15) is 4.79 Å². The van der Waals surface area contributed by atoms with Crippen LogP contribution in [0.5, 0.6) is 5.75 Å². The molecule has 0 saturated carbocycles. The Kier molecular flexibility index (Phi) is 4.68. The summed E-state index contributed by atoms with van der Waals surface area (Å²) in [4.78, 5) is 14.7. The maximum absolute atomic E-state index is 12.8. The summed E-state index contributed by atoms with van der Waals surface area (Å²) < 4.78 is 5.32. The van der Waals surface area contributed by atoms with E-state index in [1.54, 1.807) is 7.11 Å². The number of methoxy groups -OCH3 is 1. The second-order valence-corrected chi connectivity index (χ2v) is 6.53. The lowest BCUT2D eigenvalue weighted by Gasteiger charge is -2.33. The number of para-hydroxylation sites is 1. The molecule has 1 amide bonds. The van der Waals surface area contributed by atoms with Gasteiger partial charge in [-0.2, -0.15) is 11.8 Å². The van der Waals surface area contributed by atoms with Gasteiger partial charge in [-0.1, -0.05) is 42.5 Å². The van der Waals surface area contributed by atoms with E-state index in [2.05, 4.69) is 24.3 Å². The van der Waals surface area contributed by atoms with E-state index in [-0.39, 0.29) is 5.91 Å². The minimum absolute atomic E-state index is 0.0543. The van der Waals surface area contributed by atoms with Crippen LogP contribution in [0.15, 0.2) is 54.6 Å². The molecule has 0 N–H and O–H groups in total. The van der Waals surface area contributed by atoms with Crippen molar-refractivity contribution in [3.8, 4) is 5.75 Å². The molecule has 0 bridgehead atoms. The number of nitrogens with zero attached hydrogens (tertiary/aromatic N) is 1. The van der Waals surface area contributed by atoms with E-state index in [1.165, 1.54) is 5.56 Å². The van der Waals surface area contributed by atoms with Crippen LogP contribution in [0, 0.1) is 0 Å². The van der Waals surface area contributed by atoms with Crippen LogP contribution in [0.4, 0.5) is 0 Å². The predicted octanol–water partition coefficient (Wildman–Crippen LogP) is 3.63. The molecule has 0 aliphatic carbocycles. The summed E-state index contributed by atoms with van der Waals surface area (Å²) in [5.74, 6) is 1.65. The molecule has 22 heavy (non-hydrogen) atoms. The van der Waals surface area contributed by atoms with Gasteiger partial charge in [0.15, 0.2) is 0 Å². The highest BCUT2D eigenvalue weighted by Gasteiger charge is 2.27. The quantitative estimate of drug-likeness (QED) is 0.866. The number of amides is 1. The van der Waals surface area contributed by atoms with Crippen LogP contribution in [-0.2, 0) is 0 Å². The Hall–Kier alpha value is -1.94. The highest BCUT2D eigenvalue weighted by molar-refractivity contribution is 7.99. The van der Waals surface area contributed by atoms with Gasteiger partial charge < -0.3 is 9.64 Å². The maximum atomic E-state index is 12.8. The second kappa shape index (κ2) is 6.88. The van der Waals surface area contributed by atoms with Crippen molar-refractivity contribution >= 4 is 17.7 Å². The topological polar surface area (TPSA) is 29.5 Å². The molecule has 1 atom stereocenters. The third-order valence-electron chi connectivity index (χ3n) is 3.86. The number of benzene rings is 2. The van der Waals surface area contributed by atoms with E-state index in [1.807, 2.05) is 47.0 Å². The SMILES string of the molecule is COc1ccccc1C(=O)N1CCSC(c2ccccc2)C1. The number of carbonyl (C=O) groups excluding carboxylic acids is 1. The van der Waals surface area contributed by atoms with Crippen LogP contribution < -0.4 is 4.74 Å². The Morgan fingerprint density at radius 2 is 1.86 bits per heavy atom. The third-order valence-corrected chi connectivity index (χ3v) is 5.10. The number of thioether (sulfide) groups is 1. The summed E-state index contributed by atoms with van der Waals surface area (Å²) in [5.41, 5.74) is 1.92. The van der Waals surface area contributed by atoms with E-state index < -0.39 is 0 Å². The van der Waals surface area contributed by atoms with Gasteiger partial charge in [0.25, 0.3) is 5.91 Å². The normalized spacial score (nSPS) is 18.0. The summed E-state index contributed by atoms with van der Waals surface area (Å²) in [6, 6.07) is 17.8. The van der Waals surface area contributed by atoms with Crippen molar-refractivity contribution in [2.45, 2.75) is 5.25 Å². The first kappa shape index (κ1) is 15.0. The van der Waals surface area contributed by atoms with Gasteiger partial charge in [-0.3, -0.25) is 4.79 Å².